The Balaban J connectivity index is 1.28. The van der Waals surface area contributed by atoms with Crippen LogP contribution in [0.3, 0.4) is 0 Å². The summed E-state index contributed by atoms with van der Waals surface area (Å²) >= 11 is 1.81. The second-order valence-corrected chi connectivity index (χ2v) is 8.95. The molecule has 29 heavy (non-hydrogen) atoms. The molecule has 0 spiro atoms. The van der Waals surface area contributed by atoms with Gasteiger partial charge in [-0.1, -0.05) is 0 Å². The van der Waals surface area contributed by atoms with Gasteiger partial charge in [-0.2, -0.15) is 0 Å². The Bertz CT molecular complexity index is 875. The number of thiophene rings is 1. The summed E-state index contributed by atoms with van der Waals surface area (Å²) in [7, 11) is 0. The van der Waals surface area contributed by atoms with E-state index in [0.29, 0.717) is 36.9 Å². The summed E-state index contributed by atoms with van der Waals surface area (Å²) in [5, 5.41) is 5.80. The number of urea groups is 1. The Morgan fingerprint density at radius 1 is 1.31 bits per heavy atom. The summed E-state index contributed by atoms with van der Waals surface area (Å²) in [5.74, 6) is 0.776. The van der Waals surface area contributed by atoms with Crippen molar-refractivity contribution in [1.29, 1.82) is 0 Å². The first-order chi connectivity index (χ1) is 14.1. The lowest BCUT2D eigenvalue weighted by Crippen LogP contribution is -2.38. The third kappa shape index (κ3) is 4.94. The molecule has 2 aliphatic heterocycles. The van der Waals surface area contributed by atoms with Crippen molar-refractivity contribution in [2.24, 2.45) is 5.92 Å². The summed E-state index contributed by atoms with van der Waals surface area (Å²) in [5.41, 5.74) is 1.73. The maximum atomic E-state index is 12.6. The first-order valence-electron chi connectivity index (χ1n) is 10.0. The highest BCUT2D eigenvalue weighted by Gasteiger charge is 2.22. The topological polar surface area (TPSA) is 83.6 Å². The molecule has 0 radical (unpaired) electrons. The molecule has 0 aromatic carbocycles. The molecular formula is C21H26N4O3S. The molecule has 2 N–H and O–H groups in total. The van der Waals surface area contributed by atoms with Gasteiger partial charge in [-0.25, -0.2) is 9.78 Å². The molecule has 3 amide bonds. The van der Waals surface area contributed by atoms with Crippen LogP contribution >= 0.6 is 11.3 Å². The number of ether oxygens (including phenoxy) is 1. The number of nitrogens with zero attached hydrogens (tertiary/aromatic N) is 2. The normalized spacial score (nSPS) is 16.9. The third-order valence-electron chi connectivity index (χ3n) is 5.43. The molecule has 1 fully saturated rings. The summed E-state index contributed by atoms with van der Waals surface area (Å²) in [4.78, 5) is 33.6. The molecule has 0 saturated carbocycles. The Morgan fingerprint density at radius 2 is 2.14 bits per heavy atom. The largest absolute Gasteiger partial charge is 0.381 e. The Labute approximate surface area is 174 Å². The minimum absolute atomic E-state index is 0.141. The van der Waals surface area contributed by atoms with Crippen molar-refractivity contribution in [1.82, 2.24) is 15.2 Å². The number of amides is 3. The Kier molecular flexibility index (Phi) is 6.10. The highest BCUT2D eigenvalue weighted by atomic mass is 32.1. The number of rotatable bonds is 4. The highest BCUT2D eigenvalue weighted by molar-refractivity contribution is 7.12. The molecule has 0 atom stereocenters. The van der Waals surface area contributed by atoms with Crippen molar-refractivity contribution >= 4 is 29.1 Å². The number of carbonyl (C=O) groups excluding carboxylic acids is 2. The fourth-order valence-electron chi connectivity index (χ4n) is 3.74. The zero-order valence-electron chi connectivity index (χ0n) is 16.6. The van der Waals surface area contributed by atoms with Gasteiger partial charge in [-0.05, 0) is 55.9 Å². The van der Waals surface area contributed by atoms with Crippen LogP contribution in [0.25, 0.3) is 0 Å². The van der Waals surface area contributed by atoms with E-state index < -0.39 is 0 Å². The van der Waals surface area contributed by atoms with E-state index in [-0.39, 0.29) is 11.9 Å². The quantitative estimate of drug-likeness (QED) is 0.805. The molecule has 1 saturated heterocycles. The van der Waals surface area contributed by atoms with Crippen molar-refractivity contribution in [2.75, 3.05) is 31.6 Å². The van der Waals surface area contributed by atoms with Crippen LogP contribution in [0.15, 0.2) is 24.4 Å². The van der Waals surface area contributed by atoms with Crippen molar-refractivity contribution in [3.63, 3.8) is 0 Å². The van der Waals surface area contributed by atoms with Gasteiger partial charge in [0.1, 0.15) is 5.82 Å². The number of hydrogen-bond acceptors (Lipinski definition) is 5. The van der Waals surface area contributed by atoms with E-state index in [9.17, 15) is 9.59 Å². The summed E-state index contributed by atoms with van der Waals surface area (Å²) in [6.45, 7) is 5.60. The molecule has 0 aliphatic carbocycles. The van der Waals surface area contributed by atoms with Crippen LogP contribution in [-0.4, -0.2) is 48.1 Å². The second kappa shape index (κ2) is 8.92. The number of pyridine rings is 1. The summed E-state index contributed by atoms with van der Waals surface area (Å²) < 4.78 is 5.34. The van der Waals surface area contributed by atoms with Gasteiger partial charge in [0.25, 0.3) is 5.91 Å². The van der Waals surface area contributed by atoms with E-state index in [2.05, 4.69) is 28.6 Å². The van der Waals surface area contributed by atoms with E-state index in [1.54, 1.807) is 17.0 Å². The van der Waals surface area contributed by atoms with E-state index in [1.807, 2.05) is 11.3 Å². The van der Waals surface area contributed by atoms with E-state index >= 15 is 0 Å². The van der Waals surface area contributed by atoms with Crippen molar-refractivity contribution in [3.05, 3.63) is 45.3 Å². The Hall–Kier alpha value is -2.45. The number of carbonyl (C=O) groups is 2. The van der Waals surface area contributed by atoms with Gasteiger partial charge in [0.15, 0.2) is 0 Å². The minimum atomic E-state index is -0.163. The van der Waals surface area contributed by atoms with Crippen LogP contribution in [0.4, 0.5) is 10.6 Å². The fraction of sp³-hybridized carbons (Fsp3) is 0.476. The lowest BCUT2D eigenvalue weighted by molar-refractivity contribution is 0.0642. The van der Waals surface area contributed by atoms with Gasteiger partial charge in [-0.15, -0.1) is 11.3 Å². The number of aryl methyl sites for hydroxylation is 1. The van der Waals surface area contributed by atoms with Gasteiger partial charge in [0, 0.05) is 48.8 Å². The lowest BCUT2D eigenvalue weighted by atomic mass is 10.0. The number of anilines is 1. The van der Waals surface area contributed by atoms with Crippen LogP contribution < -0.4 is 10.6 Å². The maximum absolute atomic E-state index is 12.6. The Morgan fingerprint density at radius 3 is 2.90 bits per heavy atom. The zero-order chi connectivity index (χ0) is 20.2. The monoisotopic (exact) mass is 414 g/mol. The molecule has 0 unspecified atom stereocenters. The van der Waals surface area contributed by atoms with Crippen molar-refractivity contribution in [3.8, 4) is 0 Å². The molecule has 4 heterocycles. The lowest BCUT2D eigenvalue weighted by Gasteiger charge is -2.26. The van der Waals surface area contributed by atoms with Crippen molar-refractivity contribution < 1.29 is 14.3 Å². The number of nitrogens with one attached hydrogen (secondary N) is 2. The molecule has 7 nitrogen and oxygen atoms in total. The minimum Gasteiger partial charge on any atom is -0.381 e. The second-order valence-electron chi connectivity index (χ2n) is 7.61. The van der Waals surface area contributed by atoms with Gasteiger partial charge < -0.3 is 15.0 Å². The van der Waals surface area contributed by atoms with Gasteiger partial charge >= 0.3 is 6.03 Å². The first kappa shape index (κ1) is 19.8. The van der Waals surface area contributed by atoms with Crippen LogP contribution in [0.5, 0.6) is 0 Å². The summed E-state index contributed by atoms with van der Waals surface area (Å²) in [6, 6.07) is 5.36. The predicted molar refractivity (Wildman–Crippen MR) is 112 cm³/mol. The number of hydrogen-bond donors (Lipinski definition) is 2. The molecular weight excluding hydrogens is 388 g/mol. The maximum Gasteiger partial charge on any atom is 0.323 e. The molecule has 2 aromatic heterocycles. The molecule has 2 aromatic rings. The third-order valence-corrected chi connectivity index (χ3v) is 6.58. The van der Waals surface area contributed by atoms with E-state index in [0.717, 1.165) is 32.5 Å². The predicted octanol–water partition coefficient (Wildman–Crippen LogP) is 3.20. The van der Waals surface area contributed by atoms with Gasteiger partial charge in [0.05, 0.1) is 5.56 Å². The molecule has 2 aliphatic rings. The van der Waals surface area contributed by atoms with Crippen LogP contribution in [0.1, 0.15) is 38.5 Å². The van der Waals surface area contributed by atoms with E-state index in [1.165, 1.54) is 21.5 Å². The number of aromatic nitrogens is 1. The molecule has 154 valence electrons. The van der Waals surface area contributed by atoms with Gasteiger partial charge in [0.2, 0.25) is 0 Å². The highest BCUT2D eigenvalue weighted by Crippen LogP contribution is 2.27. The van der Waals surface area contributed by atoms with Crippen molar-refractivity contribution in [2.45, 2.75) is 32.7 Å². The molecule has 8 heteroatoms. The van der Waals surface area contributed by atoms with Crippen LogP contribution in [0, 0.1) is 12.8 Å². The standard InChI is InChI=1S/C21H26N4O3S/c1-14-10-17-13-25(7-4-18(17)29-14)21(27)24-19-3-2-16(12-22-19)20(26)23-11-15-5-8-28-9-6-15/h2-3,10,12,15H,4-9,11,13H2,1H3,(H,23,26)(H,22,24,27). The fourth-order valence-corrected chi connectivity index (χ4v) is 4.77. The summed E-state index contributed by atoms with van der Waals surface area (Å²) in [6.07, 6.45) is 4.35. The van der Waals surface area contributed by atoms with Crippen LogP contribution in [-0.2, 0) is 17.7 Å². The van der Waals surface area contributed by atoms with Crippen LogP contribution in [0.2, 0.25) is 0 Å². The SMILES string of the molecule is Cc1cc2c(s1)CCN(C(=O)Nc1ccc(C(=O)NCC3CCOCC3)cn1)C2. The van der Waals surface area contributed by atoms with E-state index in [4.69, 9.17) is 4.74 Å². The smallest absolute Gasteiger partial charge is 0.323 e. The van der Waals surface area contributed by atoms with Gasteiger partial charge in [-0.3, -0.25) is 10.1 Å². The zero-order valence-corrected chi connectivity index (χ0v) is 17.4. The average Bonchev–Trinajstić information content (AvgIpc) is 3.12. The first-order valence-corrected chi connectivity index (χ1v) is 10.9. The molecule has 4 rings (SSSR count). The average molecular weight is 415 g/mol. The number of fused-ring (bicyclic) bond motifs is 1. The molecule has 0 bridgehead atoms.